The molecule has 0 fully saturated rings. The van der Waals surface area contributed by atoms with E-state index in [4.69, 9.17) is 5.73 Å². The molecule has 0 saturated carbocycles. The molecule has 3 nitrogen and oxygen atoms in total. The minimum absolute atomic E-state index is 0.779. The zero-order valence-corrected chi connectivity index (χ0v) is 7.30. The van der Waals surface area contributed by atoms with Crippen molar-refractivity contribution in [1.29, 1.82) is 0 Å². The fourth-order valence-corrected chi connectivity index (χ4v) is 0.605. The monoisotopic (exact) mass is 155 g/mol. The summed E-state index contributed by atoms with van der Waals surface area (Å²) in [5.74, 6) is 0. The average Bonchev–Trinajstić information content (AvgIpc) is 2.00. The fraction of sp³-hybridized carbons (Fsp3) is 0.500. The van der Waals surface area contributed by atoms with Gasteiger partial charge in [0.25, 0.3) is 0 Å². The summed E-state index contributed by atoms with van der Waals surface area (Å²) >= 11 is 0. The van der Waals surface area contributed by atoms with Crippen molar-refractivity contribution in [2.24, 2.45) is 5.73 Å². The normalized spacial score (nSPS) is 10.8. The molecule has 3 N–H and O–H groups in total. The first-order chi connectivity index (χ1) is 5.20. The molecule has 0 spiro atoms. The average molecular weight is 155 g/mol. The predicted octanol–water partition coefficient (Wildman–Crippen LogP) is 0.819. The first-order valence-corrected chi connectivity index (χ1v) is 3.73. The Labute approximate surface area is 68.5 Å². The second kappa shape index (κ2) is 5.80. The molecule has 0 aromatic carbocycles. The molecule has 3 heteroatoms. The Kier molecular flexibility index (Phi) is 5.29. The Bertz CT molecular complexity index is 140. The molecule has 0 aromatic heterocycles. The highest BCUT2D eigenvalue weighted by Crippen LogP contribution is 1.93. The van der Waals surface area contributed by atoms with Crippen molar-refractivity contribution < 1.29 is 0 Å². The highest BCUT2D eigenvalue weighted by Gasteiger charge is 1.92. The molecule has 0 aliphatic carbocycles. The van der Waals surface area contributed by atoms with Crippen LogP contribution in [0.1, 0.15) is 13.3 Å². The van der Waals surface area contributed by atoms with Crippen LogP contribution in [0.2, 0.25) is 0 Å². The summed E-state index contributed by atoms with van der Waals surface area (Å²) < 4.78 is 0. The smallest absolute Gasteiger partial charge is 0.0230 e. The molecule has 0 rings (SSSR count). The van der Waals surface area contributed by atoms with Gasteiger partial charge in [-0.25, -0.2) is 5.01 Å². The Balaban J connectivity index is 3.52. The van der Waals surface area contributed by atoms with Crippen molar-refractivity contribution in [3.8, 4) is 0 Å². The standard InChI is InChI=1S/C8H17N3/c1-4-11(3)10-8(2)6-5-7-9/h5,7,10H,2,4,6,9H2,1,3H3/b7-5+. The molecule has 0 aliphatic rings. The summed E-state index contributed by atoms with van der Waals surface area (Å²) in [5.41, 5.74) is 9.23. The number of nitrogens with one attached hydrogen (secondary N) is 1. The van der Waals surface area contributed by atoms with Crippen molar-refractivity contribution in [2.45, 2.75) is 13.3 Å². The van der Waals surface area contributed by atoms with E-state index >= 15 is 0 Å². The number of hydrogen-bond acceptors (Lipinski definition) is 3. The van der Waals surface area contributed by atoms with Crippen LogP contribution in [0.15, 0.2) is 24.6 Å². The van der Waals surface area contributed by atoms with Crippen molar-refractivity contribution >= 4 is 0 Å². The van der Waals surface area contributed by atoms with Gasteiger partial charge in [-0.1, -0.05) is 19.6 Å². The Morgan fingerprint density at radius 2 is 2.36 bits per heavy atom. The molecule has 0 heterocycles. The predicted molar refractivity (Wildman–Crippen MR) is 48.5 cm³/mol. The number of hydrazine groups is 1. The summed E-state index contributed by atoms with van der Waals surface area (Å²) in [7, 11) is 1.97. The van der Waals surface area contributed by atoms with E-state index in [1.807, 2.05) is 18.1 Å². The van der Waals surface area contributed by atoms with Gasteiger partial charge in [-0.05, 0) is 6.20 Å². The van der Waals surface area contributed by atoms with E-state index in [2.05, 4.69) is 18.9 Å². The number of nitrogens with two attached hydrogens (primary N) is 1. The SMILES string of the molecule is C=C(C/C=C/N)NN(C)CC. The summed E-state index contributed by atoms with van der Waals surface area (Å²) in [6.45, 7) is 6.84. The fourth-order valence-electron chi connectivity index (χ4n) is 0.605. The lowest BCUT2D eigenvalue weighted by Gasteiger charge is -2.17. The van der Waals surface area contributed by atoms with Gasteiger partial charge in [0.2, 0.25) is 0 Å². The lowest BCUT2D eigenvalue weighted by Crippen LogP contribution is -2.32. The van der Waals surface area contributed by atoms with E-state index in [1.54, 1.807) is 0 Å². The Morgan fingerprint density at radius 1 is 1.73 bits per heavy atom. The quantitative estimate of drug-likeness (QED) is 0.577. The van der Waals surface area contributed by atoms with Crippen LogP contribution in [0, 0.1) is 0 Å². The van der Waals surface area contributed by atoms with Crippen LogP contribution in [0.25, 0.3) is 0 Å². The van der Waals surface area contributed by atoms with Gasteiger partial charge in [-0.2, -0.15) is 0 Å². The number of hydrogen-bond donors (Lipinski definition) is 2. The molecular formula is C8H17N3. The van der Waals surface area contributed by atoms with E-state index in [9.17, 15) is 0 Å². The molecule has 0 radical (unpaired) electrons. The largest absolute Gasteiger partial charge is 0.405 e. The van der Waals surface area contributed by atoms with Gasteiger partial charge in [0.1, 0.15) is 0 Å². The van der Waals surface area contributed by atoms with Crippen LogP contribution >= 0.6 is 0 Å². The van der Waals surface area contributed by atoms with Gasteiger partial charge in [-0.3, -0.25) is 0 Å². The highest BCUT2D eigenvalue weighted by atomic mass is 15.5. The first kappa shape index (κ1) is 10.0. The second-order valence-electron chi connectivity index (χ2n) is 2.36. The zero-order valence-electron chi connectivity index (χ0n) is 7.30. The molecule has 0 saturated heterocycles. The first-order valence-electron chi connectivity index (χ1n) is 3.73. The molecule has 0 unspecified atom stereocenters. The number of rotatable bonds is 5. The lowest BCUT2D eigenvalue weighted by molar-refractivity contribution is 0.278. The summed E-state index contributed by atoms with van der Waals surface area (Å²) in [6, 6.07) is 0. The van der Waals surface area contributed by atoms with Gasteiger partial charge < -0.3 is 11.2 Å². The molecule has 0 bridgehead atoms. The highest BCUT2D eigenvalue weighted by molar-refractivity contribution is 4.97. The van der Waals surface area contributed by atoms with Crippen molar-refractivity contribution in [3.05, 3.63) is 24.6 Å². The molecule has 0 aliphatic heterocycles. The van der Waals surface area contributed by atoms with E-state index in [1.165, 1.54) is 6.20 Å². The summed E-state index contributed by atoms with van der Waals surface area (Å²) in [6.07, 6.45) is 4.17. The van der Waals surface area contributed by atoms with Gasteiger partial charge in [0.05, 0.1) is 0 Å². The van der Waals surface area contributed by atoms with Gasteiger partial charge in [-0.15, -0.1) is 0 Å². The molecule has 0 aromatic rings. The van der Waals surface area contributed by atoms with E-state index in [0.29, 0.717) is 0 Å². The van der Waals surface area contributed by atoms with E-state index in [-0.39, 0.29) is 0 Å². The van der Waals surface area contributed by atoms with Crippen molar-refractivity contribution in [2.75, 3.05) is 13.6 Å². The minimum Gasteiger partial charge on any atom is -0.405 e. The molecule has 0 atom stereocenters. The molecule has 0 amide bonds. The maximum absolute atomic E-state index is 5.18. The Hall–Kier alpha value is -0.960. The van der Waals surface area contributed by atoms with E-state index in [0.717, 1.165) is 18.7 Å². The molecule has 64 valence electrons. The van der Waals surface area contributed by atoms with E-state index < -0.39 is 0 Å². The number of allylic oxidation sites excluding steroid dienone is 1. The van der Waals surface area contributed by atoms with Crippen LogP contribution in [0.3, 0.4) is 0 Å². The minimum atomic E-state index is 0.779. The van der Waals surface area contributed by atoms with Gasteiger partial charge in [0, 0.05) is 25.7 Å². The maximum atomic E-state index is 5.18. The maximum Gasteiger partial charge on any atom is 0.0230 e. The summed E-state index contributed by atoms with van der Waals surface area (Å²) in [4.78, 5) is 0. The van der Waals surface area contributed by atoms with Gasteiger partial charge in [0.15, 0.2) is 0 Å². The second-order valence-corrected chi connectivity index (χ2v) is 2.36. The topological polar surface area (TPSA) is 41.3 Å². The van der Waals surface area contributed by atoms with Crippen molar-refractivity contribution in [3.63, 3.8) is 0 Å². The van der Waals surface area contributed by atoms with Crippen molar-refractivity contribution in [1.82, 2.24) is 10.4 Å². The summed E-state index contributed by atoms with van der Waals surface area (Å²) in [5, 5.41) is 1.96. The zero-order chi connectivity index (χ0) is 8.69. The van der Waals surface area contributed by atoms with Crippen LogP contribution in [-0.2, 0) is 0 Å². The lowest BCUT2D eigenvalue weighted by atomic mass is 10.3. The van der Waals surface area contributed by atoms with Crippen LogP contribution in [-0.4, -0.2) is 18.6 Å². The third kappa shape index (κ3) is 5.48. The molecule has 11 heavy (non-hydrogen) atoms. The Morgan fingerprint density at radius 3 is 2.82 bits per heavy atom. The third-order valence-electron chi connectivity index (χ3n) is 1.32. The van der Waals surface area contributed by atoms with Gasteiger partial charge >= 0.3 is 0 Å². The van der Waals surface area contributed by atoms with Crippen LogP contribution in [0.4, 0.5) is 0 Å². The third-order valence-corrected chi connectivity index (χ3v) is 1.32. The van der Waals surface area contributed by atoms with Crippen LogP contribution in [0.5, 0.6) is 0 Å². The number of nitrogens with zero attached hydrogens (tertiary/aromatic N) is 1. The van der Waals surface area contributed by atoms with Crippen LogP contribution < -0.4 is 11.2 Å². The molecular weight excluding hydrogens is 138 g/mol.